The average molecular weight is 164 g/mol. The van der Waals surface area contributed by atoms with E-state index in [1.165, 1.54) is 0 Å². The molecule has 2 heteroatoms. The van der Waals surface area contributed by atoms with E-state index in [-0.39, 0.29) is 0 Å². The minimum Gasteiger partial charge on any atom is -0.496 e. The molecule has 64 valence electrons. The minimum absolute atomic E-state index is 0.650. The number of methoxy groups -OCH3 is 1. The molecule has 0 bridgehead atoms. The first-order valence-electron chi connectivity index (χ1n) is 3.80. The molecule has 0 saturated carbocycles. The Labute approximate surface area is 72.2 Å². The van der Waals surface area contributed by atoms with Gasteiger partial charge in [-0.25, -0.2) is 0 Å². The van der Waals surface area contributed by atoms with Crippen LogP contribution >= 0.6 is 0 Å². The quantitative estimate of drug-likeness (QED) is 0.626. The van der Waals surface area contributed by atoms with Gasteiger partial charge >= 0.3 is 0 Å². The molecule has 2 nitrogen and oxygen atoms in total. The fraction of sp³-hybridized carbons (Fsp3) is 0.300. The lowest BCUT2D eigenvalue weighted by atomic mass is 10.1. The van der Waals surface area contributed by atoms with Crippen LogP contribution in [0.4, 0.5) is 0 Å². The van der Waals surface area contributed by atoms with Gasteiger partial charge in [-0.2, -0.15) is 0 Å². The van der Waals surface area contributed by atoms with Crippen LogP contribution in [0.15, 0.2) is 12.1 Å². The topological polar surface area (TPSA) is 26.3 Å². The van der Waals surface area contributed by atoms with Crippen LogP contribution in [0.3, 0.4) is 0 Å². The molecule has 1 rings (SSSR count). The third kappa shape index (κ3) is 1.33. The largest absolute Gasteiger partial charge is 0.496 e. The standard InChI is InChI=1S/C10H12O2/c1-7-4-5-8(2)10(12-3)9(7)6-11/h4-6H,1-3H3. The van der Waals surface area contributed by atoms with Crippen LogP contribution in [0.2, 0.25) is 0 Å². The SMILES string of the molecule is COc1c(C)ccc(C)c1C=O. The Morgan fingerprint density at radius 3 is 2.25 bits per heavy atom. The highest BCUT2D eigenvalue weighted by atomic mass is 16.5. The van der Waals surface area contributed by atoms with Crippen LogP contribution < -0.4 is 4.74 Å². The Hall–Kier alpha value is -1.31. The Morgan fingerprint density at radius 1 is 1.25 bits per heavy atom. The highest BCUT2D eigenvalue weighted by Gasteiger charge is 2.07. The molecule has 0 saturated heterocycles. The van der Waals surface area contributed by atoms with Crippen molar-refractivity contribution in [3.63, 3.8) is 0 Å². The lowest BCUT2D eigenvalue weighted by molar-refractivity contribution is 0.112. The van der Waals surface area contributed by atoms with Crippen molar-refractivity contribution in [2.45, 2.75) is 13.8 Å². The van der Waals surface area contributed by atoms with E-state index < -0.39 is 0 Å². The second kappa shape index (κ2) is 3.39. The molecule has 0 spiro atoms. The van der Waals surface area contributed by atoms with Crippen molar-refractivity contribution in [2.75, 3.05) is 7.11 Å². The lowest BCUT2D eigenvalue weighted by Crippen LogP contribution is -1.95. The van der Waals surface area contributed by atoms with Crippen molar-refractivity contribution in [2.24, 2.45) is 0 Å². The van der Waals surface area contributed by atoms with E-state index in [1.54, 1.807) is 7.11 Å². The first kappa shape index (κ1) is 8.78. The molecule has 1 aromatic rings. The normalized spacial score (nSPS) is 9.58. The fourth-order valence-corrected chi connectivity index (χ4v) is 1.22. The number of carbonyl (C=O) groups excluding carboxylic acids is 1. The van der Waals surface area contributed by atoms with E-state index in [1.807, 2.05) is 26.0 Å². The molecule has 0 atom stereocenters. The van der Waals surface area contributed by atoms with Crippen molar-refractivity contribution < 1.29 is 9.53 Å². The molecular weight excluding hydrogens is 152 g/mol. The maximum atomic E-state index is 10.7. The van der Waals surface area contributed by atoms with Crippen molar-refractivity contribution in [3.05, 3.63) is 28.8 Å². The van der Waals surface area contributed by atoms with Gasteiger partial charge in [0.1, 0.15) is 5.75 Å². The van der Waals surface area contributed by atoms with Crippen molar-refractivity contribution in [1.29, 1.82) is 0 Å². The number of carbonyl (C=O) groups is 1. The van der Waals surface area contributed by atoms with Crippen LogP contribution in [0.1, 0.15) is 21.5 Å². The number of aldehydes is 1. The van der Waals surface area contributed by atoms with Gasteiger partial charge in [-0.15, -0.1) is 0 Å². The first-order chi connectivity index (χ1) is 5.70. The zero-order valence-electron chi connectivity index (χ0n) is 7.55. The summed E-state index contributed by atoms with van der Waals surface area (Å²) in [6.45, 7) is 3.82. The van der Waals surface area contributed by atoms with Crippen molar-refractivity contribution in [1.82, 2.24) is 0 Å². The van der Waals surface area contributed by atoms with E-state index >= 15 is 0 Å². The van der Waals surface area contributed by atoms with Gasteiger partial charge in [0.25, 0.3) is 0 Å². The summed E-state index contributed by atoms with van der Waals surface area (Å²) in [5.74, 6) is 0.685. The Morgan fingerprint density at radius 2 is 1.83 bits per heavy atom. The molecule has 0 N–H and O–H groups in total. The summed E-state index contributed by atoms with van der Waals surface area (Å²) < 4.78 is 5.12. The van der Waals surface area contributed by atoms with E-state index in [0.29, 0.717) is 11.3 Å². The predicted molar refractivity (Wildman–Crippen MR) is 47.9 cm³/mol. The third-order valence-electron chi connectivity index (χ3n) is 1.93. The van der Waals surface area contributed by atoms with Gasteiger partial charge in [-0.1, -0.05) is 12.1 Å². The summed E-state index contributed by atoms with van der Waals surface area (Å²) in [7, 11) is 1.58. The van der Waals surface area contributed by atoms with Crippen molar-refractivity contribution >= 4 is 6.29 Å². The molecule has 0 aliphatic carbocycles. The molecule has 0 aromatic heterocycles. The van der Waals surface area contributed by atoms with Crippen molar-refractivity contribution in [3.8, 4) is 5.75 Å². The van der Waals surface area contributed by atoms with Crippen LogP contribution in [0.5, 0.6) is 5.75 Å². The average Bonchev–Trinajstić information content (AvgIpc) is 2.08. The maximum absolute atomic E-state index is 10.7. The molecule has 0 heterocycles. The molecule has 12 heavy (non-hydrogen) atoms. The van der Waals surface area contributed by atoms with Gasteiger partial charge in [0.2, 0.25) is 0 Å². The first-order valence-corrected chi connectivity index (χ1v) is 3.80. The number of benzene rings is 1. The molecule has 1 aromatic carbocycles. The number of hydrogen-bond donors (Lipinski definition) is 0. The van der Waals surface area contributed by atoms with E-state index in [4.69, 9.17) is 4.74 Å². The van der Waals surface area contributed by atoms with E-state index in [9.17, 15) is 4.79 Å². The molecule has 0 aliphatic rings. The van der Waals surface area contributed by atoms with Crippen LogP contribution in [-0.4, -0.2) is 13.4 Å². The van der Waals surface area contributed by atoms with Gasteiger partial charge in [-0.3, -0.25) is 4.79 Å². The maximum Gasteiger partial charge on any atom is 0.154 e. The van der Waals surface area contributed by atoms with E-state index in [2.05, 4.69) is 0 Å². The zero-order chi connectivity index (χ0) is 9.14. The van der Waals surface area contributed by atoms with Gasteiger partial charge in [0.15, 0.2) is 6.29 Å². The highest BCUT2D eigenvalue weighted by Crippen LogP contribution is 2.24. The predicted octanol–water partition coefficient (Wildman–Crippen LogP) is 2.12. The number of aryl methyl sites for hydroxylation is 2. The molecule has 0 fully saturated rings. The Balaban J connectivity index is 3.38. The summed E-state index contributed by atoms with van der Waals surface area (Å²) in [6, 6.07) is 3.86. The third-order valence-corrected chi connectivity index (χ3v) is 1.93. The van der Waals surface area contributed by atoms with Gasteiger partial charge < -0.3 is 4.74 Å². The number of rotatable bonds is 2. The number of hydrogen-bond acceptors (Lipinski definition) is 2. The highest BCUT2D eigenvalue weighted by molar-refractivity contribution is 5.82. The molecule has 0 aliphatic heterocycles. The summed E-state index contributed by atoms with van der Waals surface area (Å²) in [6.07, 6.45) is 0.834. The molecular formula is C10H12O2. The number of ether oxygens (including phenoxy) is 1. The molecule has 0 amide bonds. The van der Waals surface area contributed by atoms with Crippen LogP contribution in [0.25, 0.3) is 0 Å². The van der Waals surface area contributed by atoms with Crippen LogP contribution in [-0.2, 0) is 0 Å². The Kier molecular flexibility index (Phi) is 2.48. The zero-order valence-corrected chi connectivity index (χ0v) is 7.55. The second-order valence-electron chi connectivity index (χ2n) is 2.76. The second-order valence-corrected chi connectivity index (χ2v) is 2.76. The molecule has 0 unspecified atom stereocenters. The van der Waals surface area contributed by atoms with Gasteiger partial charge in [-0.05, 0) is 25.0 Å². The van der Waals surface area contributed by atoms with Crippen LogP contribution in [0, 0.1) is 13.8 Å². The minimum atomic E-state index is 0.650. The van der Waals surface area contributed by atoms with Gasteiger partial charge in [0, 0.05) is 0 Å². The molecule has 0 radical (unpaired) electrons. The van der Waals surface area contributed by atoms with E-state index in [0.717, 1.165) is 17.4 Å². The lowest BCUT2D eigenvalue weighted by Gasteiger charge is -2.08. The smallest absolute Gasteiger partial charge is 0.154 e. The summed E-state index contributed by atoms with van der Waals surface area (Å²) in [5.41, 5.74) is 2.59. The van der Waals surface area contributed by atoms with Gasteiger partial charge in [0.05, 0.1) is 12.7 Å². The summed E-state index contributed by atoms with van der Waals surface area (Å²) in [5, 5.41) is 0. The fourth-order valence-electron chi connectivity index (χ4n) is 1.22. The summed E-state index contributed by atoms with van der Waals surface area (Å²) in [4.78, 5) is 10.7. The Bertz CT molecular complexity index is 303. The summed E-state index contributed by atoms with van der Waals surface area (Å²) >= 11 is 0. The monoisotopic (exact) mass is 164 g/mol.